The molecule has 2 heterocycles. The summed E-state index contributed by atoms with van der Waals surface area (Å²) in [5.41, 5.74) is 1.44. The van der Waals surface area contributed by atoms with Crippen molar-refractivity contribution in [2.75, 3.05) is 12.4 Å². The van der Waals surface area contributed by atoms with Crippen molar-refractivity contribution in [1.29, 1.82) is 0 Å². The Morgan fingerprint density at radius 2 is 2.00 bits per heavy atom. The van der Waals surface area contributed by atoms with Crippen molar-refractivity contribution < 1.29 is 9.53 Å². The summed E-state index contributed by atoms with van der Waals surface area (Å²) in [6.07, 6.45) is 3.40. The van der Waals surface area contributed by atoms with Gasteiger partial charge in [0.25, 0.3) is 0 Å². The van der Waals surface area contributed by atoms with Gasteiger partial charge in [0.2, 0.25) is 5.91 Å². The highest BCUT2D eigenvalue weighted by Crippen LogP contribution is 2.30. The van der Waals surface area contributed by atoms with Crippen LogP contribution in [0.2, 0.25) is 5.02 Å². The van der Waals surface area contributed by atoms with Gasteiger partial charge in [0, 0.05) is 30.0 Å². The second-order valence-corrected chi connectivity index (χ2v) is 7.44. The normalized spacial score (nSPS) is 11.9. The van der Waals surface area contributed by atoms with Crippen molar-refractivity contribution in [3.8, 4) is 17.1 Å². The van der Waals surface area contributed by atoms with Crippen LogP contribution < -0.4 is 10.1 Å². The molecule has 1 amide bonds. The number of nitrogens with zero attached hydrogens (tertiary/aromatic N) is 4. The fourth-order valence-electron chi connectivity index (χ4n) is 2.39. The molecule has 140 valence electrons. The molecule has 0 aliphatic rings. The second-order valence-electron chi connectivity index (χ2n) is 5.70. The molecule has 0 aliphatic heterocycles. The summed E-state index contributed by atoms with van der Waals surface area (Å²) in [7, 11) is 3.40. The number of aromatic nitrogens is 4. The lowest BCUT2D eigenvalue weighted by Gasteiger charge is -2.14. The summed E-state index contributed by atoms with van der Waals surface area (Å²) in [4.78, 5) is 16.6. The van der Waals surface area contributed by atoms with Crippen LogP contribution in [0.3, 0.4) is 0 Å². The first kappa shape index (κ1) is 19.2. The highest BCUT2D eigenvalue weighted by atomic mass is 35.5. The molecule has 0 radical (unpaired) electrons. The molecule has 1 aromatic carbocycles. The van der Waals surface area contributed by atoms with Crippen LogP contribution in [0.15, 0.2) is 47.9 Å². The molecule has 0 unspecified atom stereocenters. The number of hydrogen-bond donors (Lipinski definition) is 1. The first-order chi connectivity index (χ1) is 13.0. The summed E-state index contributed by atoms with van der Waals surface area (Å²) in [6.45, 7) is 1.80. The largest absolute Gasteiger partial charge is 0.495 e. The molecule has 27 heavy (non-hydrogen) atoms. The van der Waals surface area contributed by atoms with Crippen molar-refractivity contribution in [2.24, 2.45) is 7.05 Å². The van der Waals surface area contributed by atoms with Gasteiger partial charge in [0.05, 0.1) is 18.0 Å². The zero-order chi connectivity index (χ0) is 19.4. The first-order valence-corrected chi connectivity index (χ1v) is 9.36. The summed E-state index contributed by atoms with van der Waals surface area (Å²) >= 11 is 7.33. The molecule has 0 aliphatic carbocycles. The van der Waals surface area contributed by atoms with Crippen LogP contribution in [-0.2, 0) is 11.8 Å². The smallest absolute Gasteiger partial charge is 0.237 e. The van der Waals surface area contributed by atoms with E-state index in [-0.39, 0.29) is 5.91 Å². The number of anilines is 1. The number of nitrogens with one attached hydrogen (secondary N) is 1. The first-order valence-electron chi connectivity index (χ1n) is 8.10. The van der Waals surface area contributed by atoms with E-state index in [0.29, 0.717) is 27.4 Å². The molecule has 3 aromatic rings. The minimum atomic E-state index is -0.401. The Hall–Kier alpha value is -2.58. The van der Waals surface area contributed by atoms with Crippen LogP contribution in [0, 0.1) is 0 Å². The standard InChI is InChI=1S/C18H18ClN5O2S/c1-11(17(25)21-14-10-13(19)4-5-15(14)26-3)27-18-23-22-16(24(18)2)12-6-8-20-9-7-12/h4-11H,1-3H3,(H,21,25)/t11-/m0/s1. The molecule has 3 rings (SSSR count). The Balaban J connectivity index is 1.72. The number of rotatable bonds is 6. The van der Waals surface area contributed by atoms with E-state index in [9.17, 15) is 4.79 Å². The van der Waals surface area contributed by atoms with E-state index < -0.39 is 5.25 Å². The molecule has 9 heteroatoms. The predicted octanol–water partition coefficient (Wildman–Crippen LogP) is 3.66. The number of methoxy groups -OCH3 is 1. The van der Waals surface area contributed by atoms with E-state index >= 15 is 0 Å². The third kappa shape index (κ3) is 4.40. The van der Waals surface area contributed by atoms with Gasteiger partial charge in [0.1, 0.15) is 5.75 Å². The lowest BCUT2D eigenvalue weighted by Crippen LogP contribution is -2.23. The van der Waals surface area contributed by atoms with Crippen molar-refractivity contribution in [3.63, 3.8) is 0 Å². The molecule has 7 nitrogen and oxygen atoms in total. The van der Waals surface area contributed by atoms with Crippen LogP contribution in [-0.4, -0.2) is 38.0 Å². The van der Waals surface area contributed by atoms with Gasteiger partial charge < -0.3 is 14.6 Å². The monoisotopic (exact) mass is 403 g/mol. The van der Waals surface area contributed by atoms with Crippen LogP contribution in [0.5, 0.6) is 5.75 Å². The molecule has 2 aromatic heterocycles. The summed E-state index contributed by atoms with van der Waals surface area (Å²) in [6, 6.07) is 8.79. The van der Waals surface area contributed by atoms with Crippen LogP contribution in [0.25, 0.3) is 11.4 Å². The van der Waals surface area contributed by atoms with Crippen molar-refractivity contribution in [2.45, 2.75) is 17.3 Å². The molecule has 0 fully saturated rings. The molecule has 0 saturated heterocycles. The highest BCUT2D eigenvalue weighted by molar-refractivity contribution is 8.00. The van der Waals surface area contributed by atoms with Gasteiger partial charge in [-0.1, -0.05) is 23.4 Å². The van der Waals surface area contributed by atoms with E-state index in [0.717, 1.165) is 5.56 Å². The molecule has 0 saturated carbocycles. The van der Waals surface area contributed by atoms with Gasteiger partial charge in [0.15, 0.2) is 11.0 Å². The van der Waals surface area contributed by atoms with E-state index in [1.807, 2.05) is 23.7 Å². The second kappa shape index (κ2) is 8.41. The van der Waals surface area contributed by atoms with E-state index in [1.165, 1.54) is 18.9 Å². The minimum Gasteiger partial charge on any atom is -0.495 e. The van der Waals surface area contributed by atoms with Gasteiger partial charge in [-0.15, -0.1) is 10.2 Å². The number of ether oxygens (including phenoxy) is 1. The van der Waals surface area contributed by atoms with Crippen LogP contribution in [0.4, 0.5) is 5.69 Å². The number of halogens is 1. The average molecular weight is 404 g/mol. The zero-order valence-corrected chi connectivity index (χ0v) is 16.6. The Morgan fingerprint density at radius 1 is 1.26 bits per heavy atom. The number of thioether (sulfide) groups is 1. The Labute approximate surface area is 166 Å². The Bertz CT molecular complexity index is 948. The van der Waals surface area contributed by atoms with Gasteiger partial charge in [-0.3, -0.25) is 9.78 Å². The van der Waals surface area contributed by atoms with Crippen LogP contribution >= 0.6 is 23.4 Å². The Morgan fingerprint density at radius 3 is 2.70 bits per heavy atom. The fourth-order valence-corrected chi connectivity index (χ4v) is 3.38. The van der Waals surface area contributed by atoms with Gasteiger partial charge in [-0.25, -0.2) is 0 Å². The molecular formula is C18H18ClN5O2S. The van der Waals surface area contributed by atoms with Crippen molar-refractivity contribution in [3.05, 3.63) is 47.7 Å². The lowest BCUT2D eigenvalue weighted by molar-refractivity contribution is -0.115. The number of benzene rings is 1. The topological polar surface area (TPSA) is 81.9 Å². The van der Waals surface area contributed by atoms with Gasteiger partial charge >= 0.3 is 0 Å². The third-order valence-electron chi connectivity index (χ3n) is 3.84. The molecule has 1 N–H and O–H groups in total. The highest BCUT2D eigenvalue weighted by Gasteiger charge is 2.20. The maximum atomic E-state index is 12.6. The summed E-state index contributed by atoms with van der Waals surface area (Å²) < 4.78 is 7.11. The number of amides is 1. The van der Waals surface area contributed by atoms with Crippen molar-refractivity contribution in [1.82, 2.24) is 19.7 Å². The van der Waals surface area contributed by atoms with E-state index in [2.05, 4.69) is 20.5 Å². The molecule has 0 spiro atoms. The average Bonchev–Trinajstić information content (AvgIpc) is 3.03. The number of carbonyl (C=O) groups is 1. The van der Waals surface area contributed by atoms with Gasteiger partial charge in [-0.05, 0) is 37.3 Å². The SMILES string of the molecule is COc1ccc(Cl)cc1NC(=O)[C@H](C)Sc1nnc(-c2ccncc2)n1C. The maximum absolute atomic E-state index is 12.6. The minimum absolute atomic E-state index is 0.186. The van der Waals surface area contributed by atoms with E-state index in [1.54, 1.807) is 37.5 Å². The summed E-state index contributed by atoms with van der Waals surface area (Å²) in [5.74, 6) is 1.07. The number of pyridine rings is 1. The zero-order valence-electron chi connectivity index (χ0n) is 15.0. The molecule has 0 bridgehead atoms. The number of carbonyl (C=O) groups excluding carboxylic acids is 1. The summed E-state index contributed by atoms with van der Waals surface area (Å²) in [5, 5.41) is 12.0. The molecular weight excluding hydrogens is 386 g/mol. The van der Waals surface area contributed by atoms with Crippen molar-refractivity contribution >= 4 is 35.0 Å². The van der Waals surface area contributed by atoms with Crippen LogP contribution in [0.1, 0.15) is 6.92 Å². The van der Waals surface area contributed by atoms with Gasteiger partial charge in [-0.2, -0.15) is 0 Å². The van der Waals surface area contributed by atoms with E-state index in [4.69, 9.17) is 16.3 Å². The molecule has 1 atom stereocenters. The fraction of sp³-hybridized carbons (Fsp3) is 0.222. The quantitative estimate of drug-likeness (QED) is 0.632. The number of hydrogen-bond acceptors (Lipinski definition) is 6. The maximum Gasteiger partial charge on any atom is 0.237 e. The predicted molar refractivity (Wildman–Crippen MR) is 106 cm³/mol. The third-order valence-corrected chi connectivity index (χ3v) is 5.21. The Kier molecular flexibility index (Phi) is 5.98. The lowest BCUT2D eigenvalue weighted by atomic mass is 10.2.